The maximum atomic E-state index is 11.5. The van der Waals surface area contributed by atoms with Crippen LogP contribution in [0.5, 0.6) is 11.5 Å². The summed E-state index contributed by atoms with van der Waals surface area (Å²) in [5.74, 6) is 1.72. The van der Waals surface area contributed by atoms with Crippen LogP contribution in [0.25, 0.3) is 16.9 Å². The lowest BCUT2D eigenvalue weighted by atomic mass is 10.1. The number of hydrogen-bond donors (Lipinski definition) is 2. The lowest BCUT2D eigenvalue weighted by Gasteiger charge is -2.12. The molecule has 0 saturated carbocycles. The molecule has 31 heavy (non-hydrogen) atoms. The number of primary sulfonamides is 1. The van der Waals surface area contributed by atoms with Crippen LogP contribution in [-0.4, -0.2) is 37.0 Å². The topological polar surface area (TPSA) is 121 Å². The first kappa shape index (κ1) is 22.1. The van der Waals surface area contributed by atoms with E-state index in [0.29, 0.717) is 34.5 Å². The third-order valence-electron chi connectivity index (χ3n) is 4.51. The van der Waals surface area contributed by atoms with Crippen molar-refractivity contribution in [2.45, 2.75) is 12.3 Å². The van der Waals surface area contributed by atoms with Gasteiger partial charge in [0.1, 0.15) is 5.65 Å². The fourth-order valence-electron chi connectivity index (χ4n) is 3.01. The quantitative estimate of drug-likeness (QED) is 0.470. The van der Waals surface area contributed by atoms with Crippen molar-refractivity contribution in [3.8, 4) is 22.8 Å². The summed E-state index contributed by atoms with van der Waals surface area (Å²) in [6, 6.07) is 13.5. The number of anilines is 2. The van der Waals surface area contributed by atoms with Gasteiger partial charge in [-0.3, -0.25) is 4.40 Å². The molecule has 2 aromatic heterocycles. The number of nitrogens with two attached hydrogens (primary N) is 1. The molecule has 0 radical (unpaired) electrons. The molecule has 10 heteroatoms. The van der Waals surface area contributed by atoms with E-state index in [0.717, 1.165) is 5.56 Å². The molecule has 3 N–H and O–H groups in total. The van der Waals surface area contributed by atoms with Crippen LogP contribution in [0.2, 0.25) is 0 Å². The van der Waals surface area contributed by atoms with Crippen LogP contribution in [0.3, 0.4) is 0 Å². The minimum absolute atomic E-state index is 0. The third kappa shape index (κ3) is 4.44. The molecule has 4 rings (SSSR count). The maximum Gasteiger partial charge on any atom is 0.238 e. The first-order valence-corrected chi connectivity index (χ1v) is 10.4. The normalized spacial score (nSPS) is 11.1. The smallest absolute Gasteiger partial charge is 0.238 e. The lowest BCUT2D eigenvalue weighted by molar-refractivity contribution is 0.355. The monoisotopic (exact) mass is 441 g/mol. The predicted octanol–water partition coefficient (Wildman–Crippen LogP) is 3.44. The minimum Gasteiger partial charge on any atom is -0.493 e. The van der Waals surface area contributed by atoms with Crippen LogP contribution in [0, 0.1) is 0 Å². The Morgan fingerprint density at radius 1 is 1.00 bits per heavy atom. The van der Waals surface area contributed by atoms with Crippen LogP contribution in [0.4, 0.5) is 11.6 Å². The number of methoxy groups -OCH3 is 2. The van der Waals surface area contributed by atoms with Crippen molar-refractivity contribution in [3.05, 3.63) is 60.9 Å². The second-order valence-electron chi connectivity index (χ2n) is 6.38. The van der Waals surface area contributed by atoms with E-state index >= 15 is 0 Å². The molecule has 0 amide bonds. The van der Waals surface area contributed by atoms with Crippen molar-refractivity contribution in [1.82, 2.24) is 14.4 Å². The molecule has 0 unspecified atom stereocenters. The Labute approximate surface area is 180 Å². The van der Waals surface area contributed by atoms with Crippen molar-refractivity contribution in [2.75, 3.05) is 19.5 Å². The zero-order valence-electron chi connectivity index (χ0n) is 16.2. The molecule has 0 spiro atoms. The van der Waals surface area contributed by atoms with Crippen molar-refractivity contribution in [2.24, 2.45) is 5.14 Å². The summed E-state index contributed by atoms with van der Waals surface area (Å²) in [5, 5.41) is 8.35. The van der Waals surface area contributed by atoms with Gasteiger partial charge in [0.15, 0.2) is 11.5 Å². The highest BCUT2D eigenvalue weighted by Crippen LogP contribution is 2.32. The van der Waals surface area contributed by atoms with E-state index in [1.807, 2.05) is 24.3 Å². The molecule has 0 aliphatic rings. The number of rotatable bonds is 6. The number of aromatic nitrogens is 3. The van der Waals surface area contributed by atoms with Crippen LogP contribution in [-0.2, 0) is 10.0 Å². The zero-order chi connectivity index (χ0) is 21.3. The Morgan fingerprint density at radius 2 is 1.71 bits per heavy atom. The first-order chi connectivity index (χ1) is 14.4. The Kier molecular flexibility index (Phi) is 6.14. The van der Waals surface area contributed by atoms with Crippen LogP contribution >= 0.6 is 0 Å². The molecule has 0 saturated heterocycles. The van der Waals surface area contributed by atoms with E-state index in [1.165, 1.54) is 12.1 Å². The summed E-state index contributed by atoms with van der Waals surface area (Å²) in [7, 11) is -0.601. The molecule has 2 heterocycles. The molecule has 0 bridgehead atoms. The molecule has 0 fully saturated rings. The number of nitrogens with zero attached hydrogens (tertiary/aromatic N) is 3. The fourth-order valence-corrected chi connectivity index (χ4v) is 3.53. The number of hydrogen-bond acceptors (Lipinski definition) is 7. The van der Waals surface area contributed by atoms with E-state index in [4.69, 9.17) is 19.6 Å². The molecule has 9 nitrogen and oxygen atoms in total. The molecule has 4 aromatic rings. The largest absolute Gasteiger partial charge is 0.493 e. The summed E-state index contributed by atoms with van der Waals surface area (Å²) in [6.45, 7) is 0. The highest BCUT2D eigenvalue weighted by Gasteiger charge is 2.12. The van der Waals surface area contributed by atoms with Crippen LogP contribution in [0.15, 0.2) is 65.8 Å². The second-order valence-corrected chi connectivity index (χ2v) is 7.95. The minimum atomic E-state index is -3.75. The summed E-state index contributed by atoms with van der Waals surface area (Å²) < 4.78 is 35.4. The van der Waals surface area contributed by atoms with E-state index in [9.17, 15) is 8.42 Å². The summed E-state index contributed by atoms with van der Waals surface area (Å²) in [4.78, 5) is 9.11. The lowest BCUT2D eigenvalue weighted by Crippen LogP contribution is -2.12. The SMILES string of the molecule is C.COc1ccc(-c2cc3nccn3c(Nc3ccc(S(N)(=O)=O)cc3)n2)cc1OC. The van der Waals surface area contributed by atoms with E-state index in [1.54, 1.807) is 43.1 Å². The number of ether oxygens (including phenoxy) is 2. The van der Waals surface area contributed by atoms with Gasteiger partial charge in [-0.15, -0.1) is 0 Å². The second kappa shape index (κ2) is 8.62. The summed E-state index contributed by atoms with van der Waals surface area (Å²) >= 11 is 0. The zero-order valence-corrected chi connectivity index (χ0v) is 17.1. The number of fused-ring (bicyclic) bond motifs is 1. The van der Waals surface area contributed by atoms with Gasteiger partial charge < -0.3 is 14.8 Å². The van der Waals surface area contributed by atoms with Gasteiger partial charge in [-0.05, 0) is 42.5 Å². The summed E-state index contributed by atoms with van der Waals surface area (Å²) in [6.07, 6.45) is 3.45. The predicted molar refractivity (Wildman–Crippen MR) is 119 cm³/mol. The van der Waals surface area contributed by atoms with Gasteiger partial charge in [-0.1, -0.05) is 7.43 Å². The van der Waals surface area contributed by atoms with Crippen molar-refractivity contribution in [1.29, 1.82) is 0 Å². The molecule has 0 aliphatic carbocycles. The van der Waals surface area contributed by atoms with Gasteiger partial charge >= 0.3 is 0 Å². The van der Waals surface area contributed by atoms with Gasteiger partial charge in [-0.25, -0.2) is 23.5 Å². The maximum absolute atomic E-state index is 11.5. The van der Waals surface area contributed by atoms with E-state index in [2.05, 4.69) is 10.3 Å². The van der Waals surface area contributed by atoms with Gasteiger partial charge in [0.25, 0.3) is 0 Å². The van der Waals surface area contributed by atoms with E-state index < -0.39 is 10.0 Å². The number of imidazole rings is 1. The number of nitrogens with one attached hydrogen (secondary N) is 1. The van der Waals surface area contributed by atoms with Crippen molar-refractivity contribution < 1.29 is 17.9 Å². The number of sulfonamides is 1. The Hall–Kier alpha value is -3.63. The molecular weight excluding hydrogens is 418 g/mol. The highest BCUT2D eigenvalue weighted by molar-refractivity contribution is 7.89. The van der Waals surface area contributed by atoms with Crippen LogP contribution < -0.4 is 19.9 Å². The summed E-state index contributed by atoms with van der Waals surface area (Å²) in [5.41, 5.74) is 2.84. The highest BCUT2D eigenvalue weighted by atomic mass is 32.2. The molecule has 0 atom stereocenters. The molecular formula is C21H23N5O4S. The van der Waals surface area contributed by atoms with Crippen molar-refractivity contribution >= 4 is 27.3 Å². The van der Waals surface area contributed by atoms with Crippen molar-refractivity contribution in [3.63, 3.8) is 0 Å². The Morgan fingerprint density at radius 3 is 2.35 bits per heavy atom. The average Bonchev–Trinajstić information content (AvgIpc) is 3.22. The number of benzene rings is 2. The van der Waals surface area contributed by atoms with Crippen LogP contribution in [0.1, 0.15) is 7.43 Å². The molecule has 2 aromatic carbocycles. The molecule has 0 aliphatic heterocycles. The van der Waals surface area contributed by atoms with Gasteiger partial charge in [0, 0.05) is 29.7 Å². The van der Waals surface area contributed by atoms with Gasteiger partial charge in [0.2, 0.25) is 16.0 Å². The average molecular weight is 442 g/mol. The fraction of sp³-hybridized carbons (Fsp3) is 0.143. The molecule has 162 valence electrons. The Balaban J connectivity index is 0.00000272. The first-order valence-electron chi connectivity index (χ1n) is 8.85. The van der Waals surface area contributed by atoms with Gasteiger partial charge in [0.05, 0.1) is 24.8 Å². The van der Waals surface area contributed by atoms with Gasteiger partial charge in [-0.2, -0.15) is 0 Å². The Bertz CT molecular complexity index is 1320. The standard InChI is InChI=1S/C20H19N5O4S.CH4/c1-28-17-8-3-13(11-18(17)29-2)16-12-19-22-9-10-25(19)20(24-16)23-14-4-6-15(7-5-14)30(21,26)27;/h3-12H,1-2H3,(H,23,24)(H2,21,26,27);1H4. The third-order valence-corrected chi connectivity index (χ3v) is 5.44. The van der Waals surface area contributed by atoms with E-state index in [-0.39, 0.29) is 12.3 Å².